The highest BCUT2D eigenvalue weighted by molar-refractivity contribution is 5.23. The Kier molecular flexibility index (Phi) is 4.55. The number of aromatic amines is 1. The van der Waals surface area contributed by atoms with E-state index in [-0.39, 0.29) is 17.5 Å². The van der Waals surface area contributed by atoms with Crippen molar-refractivity contribution in [1.82, 2.24) is 20.2 Å². The van der Waals surface area contributed by atoms with Crippen molar-refractivity contribution in [2.24, 2.45) is 0 Å². The van der Waals surface area contributed by atoms with Crippen LogP contribution < -0.4 is 10.9 Å². The number of aromatic nitrogens is 2. The van der Waals surface area contributed by atoms with Gasteiger partial charge in [0.2, 0.25) is 5.88 Å². The Morgan fingerprint density at radius 1 is 1.42 bits per heavy atom. The summed E-state index contributed by atoms with van der Waals surface area (Å²) >= 11 is 0. The molecule has 0 spiro atoms. The summed E-state index contributed by atoms with van der Waals surface area (Å²) in [5.41, 5.74) is 0.171. The fourth-order valence-corrected chi connectivity index (χ4v) is 2.42. The summed E-state index contributed by atoms with van der Waals surface area (Å²) in [7, 11) is 0. The van der Waals surface area contributed by atoms with Gasteiger partial charge in [-0.25, -0.2) is 0 Å². The second-order valence-electron chi connectivity index (χ2n) is 4.97. The molecule has 106 valence electrons. The van der Waals surface area contributed by atoms with Gasteiger partial charge in [-0.1, -0.05) is 13.3 Å². The lowest BCUT2D eigenvalue weighted by molar-refractivity contribution is 0.178. The Labute approximate surface area is 112 Å². The zero-order valence-corrected chi connectivity index (χ0v) is 11.6. The Balaban J connectivity index is 2.22. The number of H-pyrrole nitrogens is 1. The third-order valence-electron chi connectivity index (χ3n) is 3.61. The van der Waals surface area contributed by atoms with E-state index in [9.17, 15) is 9.90 Å². The monoisotopic (exact) mass is 266 g/mol. The lowest BCUT2D eigenvalue weighted by Gasteiger charge is -2.32. The topological polar surface area (TPSA) is 81.2 Å². The Hall–Kier alpha value is -1.40. The van der Waals surface area contributed by atoms with Gasteiger partial charge in [0.15, 0.2) is 0 Å². The summed E-state index contributed by atoms with van der Waals surface area (Å²) in [4.78, 5) is 21.2. The molecule has 0 radical (unpaired) electrons. The standard InChI is InChI=1S/C13H22N4O2/c1-3-4-10-12(18)15-11(16-13(10)19)9(2)17-7-5-14-6-8-17/h9,14H,3-8H2,1-2H3,(H2,15,16,18,19). The van der Waals surface area contributed by atoms with E-state index >= 15 is 0 Å². The zero-order chi connectivity index (χ0) is 13.8. The highest BCUT2D eigenvalue weighted by Crippen LogP contribution is 2.19. The maximum Gasteiger partial charge on any atom is 0.257 e. The third-order valence-corrected chi connectivity index (χ3v) is 3.61. The van der Waals surface area contributed by atoms with E-state index in [1.807, 2.05) is 13.8 Å². The molecule has 0 bridgehead atoms. The van der Waals surface area contributed by atoms with Crippen LogP contribution in [-0.4, -0.2) is 46.2 Å². The maximum atomic E-state index is 12.0. The molecule has 0 aliphatic carbocycles. The van der Waals surface area contributed by atoms with Crippen molar-refractivity contribution < 1.29 is 5.11 Å². The van der Waals surface area contributed by atoms with Crippen LogP contribution in [-0.2, 0) is 6.42 Å². The minimum atomic E-state index is -0.216. The van der Waals surface area contributed by atoms with Crippen LogP contribution in [0.4, 0.5) is 0 Å². The van der Waals surface area contributed by atoms with Gasteiger partial charge >= 0.3 is 0 Å². The largest absolute Gasteiger partial charge is 0.493 e. The molecule has 0 aromatic carbocycles. The summed E-state index contributed by atoms with van der Waals surface area (Å²) in [6, 6.07) is 0.0105. The smallest absolute Gasteiger partial charge is 0.257 e. The summed E-state index contributed by atoms with van der Waals surface area (Å²) < 4.78 is 0. The number of nitrogens with zero attached hydrogens (tertiary/aromatic N) is 2. The van der Waals surface area contributed by atoms with Crippen molar-refractivity contribution >= 4 is 0 Å². The average Bonchev–Trinajstić information content (AvgIpc) is 2.43. The second-order valence-corrected chi connectivity index (χ2v) is 4.97. The molecule has 6 heteroatoms. The van der Waals surface area contributed by atoms with Crippen molar-refractivity contribution in [3.05, 3.63) is 21.7 Å². The van der Waals surface area contributed by atoms with Gasteiger partial charge in [-0.15, -0.1) is 0 Å². The molecule has 1 aliphatic rings. The highest BCUT2D eigenvalue weighted by atomic mass is 16.3. The summed E-state index contributed by atoms with van der Waals surface area (Å²) in [5, 5.41) is 13.2. The summed E-state index contributed by atoms with van der Waals surface area (Å²) in [5.74, 6) is 0.423. The quantitative estimate of drug-likeness (QED) is 0.734. The molecule has 2 heterocycles. The fraction of sp³-hybridized carbons (Fsp3) is 0.692. The van der Waals surface area contributed by atoms with Crippen LogP contribution in [0.3, 0.4) is 0 Å². The van der Waals surface area contributed by atoms with Gasteiger partial charge in [-0.3, -0.25) is 9.69 Å². The minimum absolute atomic E-state index is 0.0105. The minimum Gasteiger partial charge on any atom is -0.493 e. The number of piperazine rings is 1. The number of hydrogen-bond donors (Lipinski definition) is 3. The molecule has 1 aromatic heterocycles. The summed E-state index contributed by atoms with van der Waals surface area (Å²) in [6.07, 6.45) is 1.36. The van der Waals surface area contributed by atoms with Gasteiger partial charge in [0.1, 0.15) is 5.82 Å². The van der Waals surface area contributed by atoms with E-state index in [0.29, 0.717) is 17.8 Å². The Morgan fingerprint density at radius 3 is 2.68 bits per heavy atom. The molecular weight excluding hydrogens is 244 g/mol. The molecule has 1 aromatic rings. The molecule has 1 fully saturated rings. The first kappa shape index (κ1) is 14.0. The van der Waals surface area contributed by atoms with Crippen molar-refractivity contribution in [2.45, 2.75) is 32.7 Å². The van der Waals surface area contributed by atoms with Gasteiger partial charge in [-0.2, -0.15) is 4.98 Å². The second kappa shape index (κ2) is 6.16. The van der Waals surface area contributed by atoms with Crippen LogP contribution in [0, 0.1) is 0 Å². The summed E-state index contributed by atoms with van der Waals surface area (Å²) in [6.45, 7) is 7.69. The number of hydrogen-bond acceptors (Lipinski definition) is 5. The van der Waals surface area contributed by atoms with Crippen LogP contribution in [0.2, 0.25) is 0 Å². The van der Waals surface area contributed by atoms with E-state index in [0.717, 1.165) is 32.6 Å². The Bertz CT molecular complexity index is 480. The van der Waals surface area contributed by atoms with Crippen LogP contribution in [0.15, 0.2) is 4.79 Å². The molecule has 1 unspecified atom stereocenters. The van der Waals surface area contributed by atoms with Crippen molar-refractivity contribution in [1.29, 1.82) is 0 Å². The number of nitrogens with one attached hydrogen (secondary N) is 2. The van der Waals surface area contributed by atoms with Gasteiger partial charge in [-0.05, 0) is 13.3 Å². The molecule has 6 nitrogen and oxygen atoms in total. The first-order chi connectivity index (χ1) is 9.13. The fourth-order valence-electron chi connectivity index (χ4n) is 2.42. The zero-order valence-electron chi connectivity index (χ0n) is 11.6. The molecule has 0 saturated carbocycles. The predicted octanol–water partition coefficient (Wildman–Crippen LogP) is 0.394. The average molecular weight is 266 g/mol. The molecule has 19 heavy (non-hydrogen) atoms. The van der Waals surface area contributed by atoms with Crippen LogP contribution in [0.25, 0.3) is 0 Å². The first-order valence-electron chi connectivity index (χ1n) is 6.90. The van der Waals surface area contributed by atoms with Crippen molar-refractivity contribution in [3.63, 3.8) is 0 Å². The third kappa shape index (κ3) is 3.13. The van der Waals surface area contributed by atoms with Crippen molar-refractivity contribution in [3.8, 4) is 5.88 Å². The molecule has 1 aliphatic heterocycles. The van der Waals surface area contributed by atoms with Crippen LogP contribution in [0.1, 0.15) is 37.7 Å². The van der Waals surface area contributed by atoms with E-state index in [1.165, 1.54) is 0 Å². The maximum absolute atomic E-state index is 12.0. The highest BCUT2D eigenvalue weighted by Gasteiger charge is 2.21. The normalized spacial score (nSPS) is 18.4. The Morgan fingerprint density at radius 2 is 2.11 bits per heavy atom. The van der Waals surface area contributed by atoms with Gasteiger partial charge < -0.3 is 15.4 Å². The lowest BCUT2D eigenvalue weighted by Crippen LogP contribution is -2.45. The molecule has 2 rings (SSSR count). The SMILES string of the molecule is CCCc1c(O)nc(C(C)N2CCNCC2)[nH]c1=O. The van der Waals surface area contributed by atoms with Gasteiger partial charge in [0.25, 0.3) is 5.56 Å². The molecular formula is C13H22N4O2. The van der Waals surface area contributed by atoms with E-state index in [1.54, 1.807) is 0 Å². The molecule has 3 N–H and O–H groups in total. The van der Waals surface area contributed by atoms with Gasteiger partial charge in [0, 0.05) is 26.2 Å². The lowest BCUT2D eigenvalue weighted by atomic mass is 10.1. The van der Waals surface area contributed by atoms with E-state index in [4.69, 9.17) is 0 Å². The van der Waals surface area contributed by atoms with E-state index in [2.05, 4.69) is 20.2 Å². The van der Waals surface area contributed by atoms with E-state index < -0.39 is 0 Å². The van der Waals surface area contributed by atoms with Crippen molar-refractivity contribution in [2.75, 3.05) is 26.2 Å². The number of rotatable bonds is 4. The van der Waals surface area contributed by atoms with Crippen LogP contribution >= 0.6 is 0 Å². The first-order valence-corrected chi connectivity index (χ1v) is 6.90. The molecule has 1 atom stereocenters. The predicted molar refractivity (Wildman–Crippen MR) is 73.4 cm³/mol. The molecule has 0 amide bonds. The molecule has 1 saturated heterocycles. The van der Waals surface area contributed by atoms with Crippen LogP contribution in [0.5, 0.6) is 5.88 Å². The van der Waals surface area contributed by atoms with Gasteiger partial charge in [0.05, 0.1) is 11.6 Å². The number of aromatic hydroxyl groups is 1.